The molecule has 0 amide bonds. The lowest BCUT2D eigenvalue weighted by molar-refractivity contribution is 0.437. The Morgan fingerprint density at radius 3 is 2.94 bits per heavy atom. The van der Waals surface area contributed by atoms with Gasteiger partial charge in [-0.2, -0.15) is 0 Å². The third kappa shape index (κ3) is 2.64. The smallest absolute Gasteiger partial charge is 0.111 e. The Bertz CT molecular complexity index is 319. The van der Waals surface area contributed by atoms with Crippen molar-refractivity contribution in [2.75, 3.05) is 6.54 Å². The van der Waals surface area contributed by atoms with Crippen LogP contribution in [0.15, 0.2) is 12.4 Å². The summed E-state index contributed by atoms with van der Waals surface area (Å²) in [6.45, 7) is 3.28. The van der Waals surface area contributed by atoms with Gasteiger partial charge >= 0.3 is 0 Å². The molecule has 3 nitrogen and oxygen atoms in total. The van der Waals surface area contributed by atoms with E-state index in [1.807, 2.05) is 6.20 Å². The van der Waals surface area contributed by atoms with Crippen LogP contribution in [-0.2, 0) is 7.05 Å². The van der Waals surface area contributed by atoms with Crippen LogP contribution in [0.3, 0.4) is 0 Å². The molecule has 0 radical (unpaired) electrons. The first-order chi connectivity index (χ1) is 7.81. The Balaban J connectivity index is 2.05. The topological polar surface area (TPSA) is 29.9 Å². The molecule has 1 aliphatic rings. The van der Waals surface area contributed by atoms with E-state index >= 15 is 0 Å². The number of nitrogens with one attached hydrogen (secondary N) is 1. The van der Waals surface area contributed by atoms with Gasteiger partial charge in [0.25, 0.3) is 0 Å². The summed E-state index contributed by atoms with van der Waals surface area (Å²) < 4.78 is 2.18. The third-order valence-corrected chi connectivity index (χ3v) is 3.64. The molecule has 1 aromatic rings. The summed E-state index contributed by atoms with van der Waals surface area (Å²) in [6.07, 6.45) is 10.6. The summed E-state index contributed by atoms with van der Waals surface area (Å²) in [7, 11) is 2.11. The molecular formula is C13H23N3. The zero-order valence-electron chi connectivity index (χ0n) is 10.4. The number of hydrogen-bond donors (Lipinski definition) is 1. The van der Waals surface area contributed by atoms with Crippen molar-refractivity contribution in [2.24, 2.45) is 7.05 Å². The lowest BCUT2D eigenvalue weighted by Gasteiger charge is -2.20. The van der Waals surface area contributed by atoms with Gasteiger partial charge in [-0.05, 0) is 25.8 Å². The monoisotopic (exact) mass is 221 g/mol. The molecule has 90 valence electrons. The molecule has 0 aliphatic heterocycles. The van der Waals surface area contributed by atoms with E-state index in [9.17, 15) is 0 Å². The van der Waals surface area contributed by atoms with Crippen molar-refractivity contribution >= 4 is 0 Å². The highest BCUT2D eigenvalue weighted by molar-refractivity contribution is 5.01. The second-order valence-electron chi connectivity index (χ2n) is 4.87. The largest absolute Gasteiger partial charge is 0.338 e. The summed E-state index contributed by atoms with van der Waals surface area (Å²) in [4.78, 5) is 4.51. The molecule has 0 spiro atoms. The van der Waals surface area contributed by atoms with Crippen molar-refractivity contribution in [3.63, 3.8) is 0 Å². The predicted molar refractivity (Wildman–Crippen MR) is 66.5 cm³/mol. The fraction of sp³-hybridized carbons (Fsp3) is 0.769. The van der Waals surface area contributed by atoms with Crippen LogP contribution in [-0.4, -0.2) is 22.1 Å². The highest BCUT2D eigenvalue weighted by atomic mass is 15.0. The Kier molecular flexibility index (Phi) is 3.99. The molecular weight excluding hydrogens is 198 g/mol. The Morgan fingerprint density at radius 2 is 2.25 bits per heavy atom. The molecule has 0 aromatic carbocycles. The van der Waals surface area contributed by atoms with Crippen LogP contribution >= 0.6 is 0 Å². The molecule has 1 fully saturated rings. The Labute approximate surface area is 98.3 Å². The van der Waals surface area contributed by atoms with Crippen LogP contribution in [0, 0.1) is 0 Å². The van der Waals surface area contributed by atoms with E-state index in [2.05, 4.69) is 35.0 Å². The molecule has 1 saturated carbocycles. The fourth-order valence-electron chi connectivity index (χ4n) is 2.84. The number of aromatic nitrogens is 2. The third-order valence-electron chi connectivity index (χ3n) is 3.64. The summed E-state index contributed by atoms with van der Waals surface area (Å²) in [6, 6.07) is 0.689. The van der Waals surface area contributed by atoms with Crippen molar-refractivity contribution < 1.29 is 0 Å². The number of imidazole rings is 1. The SMILES string of the molecule is CCNC1CCCCC(c2nccn2C)C1. The van der Waals surface area contributed by atoms with Crippen LogP contribution in [0.25, 0.3) is 0 Å². The molecule has 0 bridgehead atoms. The molecule has 2 rings (SSSR count). The van der Waals surface area contributed by atoms with Crippen LogP contribution in [0.2, 0.25) is 0 Å². The van der Waals surface area contributed by atoms with E-state index < -0.39 is 0 Å². The first-order valence-electron chi connectivity index (χ1n) is 6.52. The molecule has 2 atom stereocenters. The molecule has 1 heterocycles. The summed E-state index contributed by atoms with van der Waals surface area (Å²) in [5.41, 5.74) is 0. The van der Waals surface area contributed by atoms with Gasteiger partial charge in [0.1, 0.15) is 5.82 Å². The van der Waals surface area contributed by atoms with Crippen LogP contribution < -0.4 is 5.32 Å². The fourth-order valence-corrected chi connectivity index (χ4v) is 2.84. The maximum atomic E-state index is 4.51. The normalized spacial score (nSPS) is 26.6. The van der Waals surface area contributed by atoms with Crippen molar-refractivity contribution in [1.82, 2.24) is 14.9 Å². The quantitative estimate of drug-likeness (QED) is 0.795. The molecule has 3 heteroatoms. The minimum atomic E-state index is 0.645. The molecule has 1 aliphatic carbocycles. The first-order valence-corrected chi connectivity index (χ1v) is 6.52. The van der Waals surface area contributed by atoms with E-state index in [1.54, 1.807) is 0 Å². The van der Waals surface area contributed by atoms with E-state index in [4.69, 9.17) is 0 Å². The van der Waals surface area contributed by atoms with Gasteiger partial charge in [0.05, 0.1) is 0 Å². The Hall–Kier alpha value is -0.830. The highest BCUT2D eigenvalue weighted by Crippen LogP contribution is 2.30. The van der Waals surface area contributed by atoms with E-state index in [0.717, 1.165) is 6.54 Å². The maximum absolute atomic E-state index is 4.51. The second-order valence-corrected chi connectivity index (χ2v) is 4.87. The average Bonchev–Trinajstić information content (AvgIpc) is 2.56. The molecule has 1 aromatic heterocycles. The van der Waals surface area contributed by atoms with Gasteiger partial charge in [-0.25, -0.2) is 4.98 Å². The van der Waals surface area contributed by atoms with Crippen LogP contribution in [0.1, 0.15) is 50.8 Å². The molecule has 1 N–H and O–H groups in total. The van der Waals surface area contributed by atoms with Gasteiger partial charge in [0.15, 0.2) is 0 Å². The number of nitrogens with zero attached hydrogens (tertiary/aromatic N) is 2. The van der Waals surface area contributed by atoms with E-state index in [-0.39, 0.29) is 0 Å². The van der Waals surface area contributed by atoms with Crippen molar-refractivity contribution in [3.8, 4) is 0 Å². The average molecular weight is 221 g/mol. The number of rotatable bonds is 3. The lowest BCUT2D eigenvalue weighted by atomic mass is 9.97. The number of hydrogen-bond acceptors (Lipinski definition) is 2. The first kappa shape index (κ1) is 11.6. The van der Waals surface area contributed by atoms with Gasteiger partial charge in [-0.1, -0.05) is 19.8 Å². The van der Waals surface area contributed by atoms with Gasteiger partial charge in [-0.15, -0.1) is 0 Å². The maximum Gasteiger partial charge on any atom is 0.111 e. The predicted octanol–water partition coefficient (Wildman–Crippen LogP) is 2.45. The Morgan fingerprint density at radius 1 is 1.44 bits per heavy atom. The standard InChI is InChI=1S/C13H23N3/c1-3-14-12-7-5-4-6-11(10-12)13-15-8-9-16(13)2/h8-9,11-12,14H,3-7,10H2,1-2H3. The van der Waals surface area contributed by atoms with Gasteiger partial charge in [0, 0.05) is 31.4 Å². The summed E-state index contributed by atoms with van der Waals surface area (Å²) >= 11 is 0. The van der Waals surface area contributed by atoms with Gasteiger partial charge in [0.2, 0.25) is 0 Å². The van der Waals surface area contributed by atoms with Crippen LogP contribution in [0.4, 0.5) is 0 Å². The molecule has 2 unspecified atom stereocenters. The van der Waals surface area contributed by atoms with Gasteiger partial charge < -0.3 is 9.88 Å². The summed E-state index contributed by atoms with van der Waals surface area (Å²) in [5, 5.41) is 3.60. The zero-order valence-corrected chi connectivity index (χ0v) is 10.4. The molecule has 0 saturated heterocycles. The lowest BCUT2D eigenvalue weighted by Crippen LogP contribution is -2.29. The van der Waals surface area contributed by atoms with E-state index in [0.29, 0.717) is 12.0 Å². The van der Waals surface area contributed by atoms with Crippen LogP contribution in [0.5, 0.6) is 0 Å². The minimum absolute atomic E-state index is 0.645. The zero-order chi connectivity index (χ0) is 11.4. The van der Waals surface area contributed by atoms with E-state index in [1.165, 1.54) is 37.9 Å². The molecule has 16 heavy (non-hydrogen) atoms. The highest BCUT2D eigenvalue weighted by Gasteiger charge is 2.23. The minimum Gasteiger partial charge on any atom is -0.338 e. The van der Waals surface area contributed by atoms with Crippen molar-refractivity contribution in [3.05, 3.63) is 18.2 Å². The second kappa shape index (κ2) is 5.48. The van der Waals surface area contributed by atoms with Crippen molar-refractivity contribution in [1.29, 1.82) is 0 Å². The summed E-state index contributed by atoms with van der Waals surface area (Å²) in [5.74, 6) is 1.91. The van der Waals surface area contributed by atoms with Gasteiger partial charge in [-0.3, -0.25) is 0 Å². The number of aryl methyl sites for hydroxylation is 1. The van der Waals surface area contributed by atoms with Crippen molar-refractivity contribution in [2.45, 2.75) is 51.0 Å².